The second-order valence-electron chi connectivity index (χ2n) is 3.72. The summed E-state index contributed by atoms with van der Waals surface area (Å²) in [6.07, 6.45) is 0.753. The summed E-state index contributed by atoms with van der Waals surface area (Å²) in [6.45, 7) is 0.107. The van der Waals surface area contributed by atoms with Crippen LogP contribution in [0, 0.1) is 0 Å². The zero-order chi connectivity index (χ0) is 13.7. The molecule has 8 nitrogen and oxygen atoms in total. The lowest BCUT2D eigenvalue weighted by Crippen LogP contribution is -2.36. The van der Waals surface area contributed by atoms with Gasteiger partial charge >= 0.3 is 0 Å². The molecule has 1 aromatic heterocycles. The summed E-state index contributed by atoms with van der Waals surface area (Å²) in [5, 5.41) is 13.7. The van der Waals surface area contributed by atoms with Gasteiger partial charge in [-0.3, -0.25) is 4.79 Å². The molecule has 3 N–H and O–H groups in total. The molecule has 2 aromatic rings. The van der Waals surface area contributed by atoms with Crippen molar-refractivity contribution in [3.8, 4) is 5.69 Å². The number of ether oxygens (including phenoxy) is 1. The molecule has 0 bridgehead atoms. The van der Waals surface area contributed by atoms with Crippen LogP contribution in [-0.2, 0) is 9.53 Å². The number of hydrogen-bond acceptors (Lipinski definition) is 6. The van der Waals surface area contributed by atoms with Crippen molar-refractivity contribution in [1.82, 2.24) is 20.2 Å². The van der Waals surface area contributed by atoms with Gasteiger partial charge in [0.2, 0.25) is 0 Å². The zero-order valence-corrected chi connectivity index (χ0v) is 10.4. The second kappa shape index (κ2) is 6.03. The fourth-order valence-corrected chi connectivity index (χ4v) is 1.57. The fourth-order valence-electron chi connectivity index (χ4n) is 1.57. The van der Waals surface area contributed by atoms with Crippen molar-refractivity contribution >= 4 is 11.6 Å². The van der Waals surface area contributed by atoms with Crippen molar-refractivity contribution in [1.29, 1.82) is 0 Å². The number of rotatable bonds is 5. The Kier molecular flexibility index (Phi) is 4.16. The first-order chi connectivity index (χ1) is 9.26. The largest absolute Gasteiger partial charge is 0.370 e. The van der Waals surface area contributed by atoms with E-state index in [1.54, 1.807) is 18.2 Å². The number of para-hydroxylation sites is 2. The van der Waals surface area contributed by atoms with Crippen LogP contribution in [0.4, 0.5) is 5.69 Å². The van der Waals surface area contributed by atoms with Crippen molar-refractivity contribution in [3.05, 3.63) is 30.6 Å². The van der Waals surface area contributed by atoms with Crippen LogP contribution in [0.2, 0.25) is 0 Å². The average molecular weight is 262 g/mol. The number of nitrogens with two attached hydrogens (primary N) is 1. The minimum absolute atomic E-state index is 0.107. The Morgan fingerprint density at radius 2 is 2.32 bits per heavy atom. The van der Waals surface area contributed by atoms with Crippen LogP contribution in [0.25, 0.3) is 5.69 Å². The highest BCUT2D eigenvalue weighted by Gasteiger charge is 2.17. The van der Waals surface area contributed by atoms with E-state index in [0.29, 0.717) is 11.4 Å². The molecule has 1 heterocycles. The van der Waals surface area contributed by atoms with Gasteiger partial charge in [0.1, 0.15) is 12.4 Å². The molecule has 0 saturated carbocycles. The van der Waals surface area contributed by atoms with Crippen LogP contribution in [-0.4, -0.2) is 45.9 Å². The number of amides is 1. The minimum atomic E-state index is -0.693. The predicted octanol–water partition coefficient (Wildman–Crippen LogP) is -0.426. The summed E-state index contributed by atoms with van der Waals surface area (Å²) in [6, 6.07) is 7.16. The second-order valence-corrected chi connectivity index (χ2v) is 3.72. The average Bonchev–Trinajstić information content (AvgIpc) is 2.94. The molecule has 1 unspecified atom stereocenters. The number of methoxy groups -OCH3 is 1. The lowest BCUT2D eigenvalue weighted by molar-refractivity contribution is -0.125. The zero-order valence-electron chi connectivity index (χ0n) is 10.4. The number of carbonyl (C=O) groups is 1. The van der Waals surface area contributed by atoms with Crippen LogP contribution in [0.5, 0.6) is 0 Å². The summed E-state index contributed by atoms with van der Waals surface area (Å²) in [7, 11) is 1.43. The lowest BCUT2D eigenvalue weighted by Gasteiger charge is -2.15. The predicted molar refractivity (Wildman–Crippen MR) is 67.6 cm³/mol. The molecule has 8 heteroatoms. The summed E-state index contributed by atoms with van der Waals surface area (Å²) in [5.41, 5.74) is 6.69. The number of hydrogen-bond donors (Lipinski definition) is 2. The summed E-state index contributed by atoms with van der Waals surface area (Å²) in [4.78, 5) is 11.9. The van der Waals surface area contributed by atoms with E-state index in [1.807, 2.05) is 6.07 Å². The Morgan fingerprint density at radius 1 is 1.53 bits per heavy atom. The SMILES string of the molecule is COC(CN)C(=O)Nc1ccccc1-n1cnnn1. The van der Waals surface area contributed by atoms with Gasteiger partial charge < -0.3 is 15.8 Å². The van der Waals surface area contributed by atoms with E-state index in [0.717, 1.165) is 0 Å². The number of aromatic nitrogens is 4. The van der Waals surface area contributed by atoms with Gasteiger partial charge in [0.25, 0.3) is 5.91 Å². The highest BCUT2D eigenvalue weighted by Crippen LogP contribution is 2.18. The van der Waals surface area contributed by atoms with Crippen molar-refractivity contribution in [2.24, 2.45) is 5.73 Å². The summed E-state index contributed by atoms with van der Waals surface area (Å²) < 4.78 is 6.44. The maximum absolute atomic E-state index is 11.9. The molecule has 1 amide bonds. The Balaban J connectivity index is 2.24. The third-order valence-electron chi connectivity index (χ3n) is 2.55. The van der Waals surface area contributed by atoms with E-state index in [9.17, 15) is 4.79 Å². The third kappa shape index (κ3) is 2.92. The van der Waals surface area contributed by atoms with Crippen molar-refractivity contribution in [2.75, 3.05) is 19.0 Å². The van der Waals surface area contributed by atoms with Crippen LogP contribution < -0.4 is 11.1 Å². The normalized spacial score (nSPS) is 12.1. The van der Waals surface area contributed by atoms with Gasteiger partial charge in [0.15, 0.2) is 0 Å². The molecule has 0 radical (unpaired) electrons. The summed E-state index contributed by atoms with van der Waals surface area (Å²) in [5.74, 6) is -0.314. The summed E-state index contributed by atoms with van der Waals surface area (Å²) >= 11 is 0. The van der Waals surface area contributed by atoms with Gasteiger partial charge in [0.05, 0.1) is 11.4 Å². The molecule has 0 aliphatic heterocycles. The maximum Gasteiger partial charge on any atom is 0.254 e. The first-order valence-corrected chi connectivity index (χ1v) is 5.62. The third-order valence-corrected chi connectivity index (χ3v) is 2.55. The van der Waals surface area contributed by atoms with Gasteiger partial charge in [-0.15, -0.1) is 5.10 Å². The Hall–Kier alpha value is -2.32. The molecule has 2 rings (SSSR count). The number of nitrogens with zero attached hydrogens (tertiary/aromatic N) is 4. The molecule has 1 atom stereocenters. The van der Waals surface area contributed by atoms with Crippen molar-refractivity contribution in [3.63, 3.8) is 0 Å². The number of tetrazole rings is 1. The first-order valence-electron chi connectivity index (χ1n) is 5.62. The number of nitrogens with one attached hydrogen (secondary N) is 1. The monoisotopic (exact) mass is 262 g/mol. The van der Waals surface area contributed by atoms with Gasteiger partial charge in [0, 0.05) is 13.7 Å². The molecule has 0 spiro atoms. The number of anilines is 1. The lowest BCUT2D eigenvalue weighted by atomic mass is 10.2. The highest BCUT2D eigenvalue weighted by atomic mass is 16.5. The van der Waals surface area contributed by atoms with E-state index in [2.05, 4.69) is 20.8 Å². The van der Waals surface area contributed by atoms with Crippen LogP contribution in [0.1, 0.15) is 0 Å². The van der Waals surface area contributed by atoms with E-state index in [4.69, 9.17) is 10.5 Å². The van der Waals surface area contributed by atoms with Crippen LogP contribution in [0.15, 0.2) is 30.6 Å². The Bertz CT molecular complexity index is 538. The van der Waals surface area contributed by atoms with Crippen molar-refractivity contribution in [2.45, 2.75) is 6.10 Å². The Morgan fingerprint density at radius 3 is 2.95 bits per heavy atom. The van der Waals surface area contributed by atoms with Crippen LogP contribution in [0.3, 0.4) is 0 Å². The number of benzene rings is 1. The maximum atomic E-state index is 11.9. The molecule has 19 heavy (non-hydrogen) atoms. The Labute approximate surface area is 109 Å². The smallest absolute Gasteiger partial charge is 0.254 e. The van der Waals surface area contributed by atoms with E-state index in [-0.39, 0.29) is 12.5 Å². The molecular weight excluding hydrogens is 248 g/mol. The molecule has 0 aliphatic carbocycles. The molecule has 0 fully saturated rings. The molecule has 100 valence electrons. The van der Waals surface area contributed by atoms with Gasteiger partial charge in [-0.05, 0) is 22.6 Å². The first kappa shape index (κ1) is 13.1. The highest BCUT2D eigenvalue weighted by molar-refractivity contribution is 5.96. The van der Waals surface area contributed by atoms with Gasteiger partial charge in [-0.25, -0.2) is 0 Å². The van der Waals surface area contributed by atoms with Gasteiger partial charge in [-0.2, -0.15) is 4.68 Å². The molecule has 0 aliphatic rings. The minimum Gasteiger partial charge on any atom is -0.370 e. The molecule has 1 aromatic carbocycles. The van der Waals surface area contributed by atoms with Gasteiger partial charge in [-0.1, -0.05) is 12.1 Å². The quantitative estimate of drug-likeness (QED) is 0.757. The molecular formula is C11H14N6O2. The standard InChI is InChI=1S/C11H14N6O2/c1-19-10(6-12)11(18)14-8-4-2-3-5-9(8)17-7-13-15-16-17/h2-5,7,10H,6,12H2,1H3,(H,14,18). The number of carbonyl (C=O) groups excluding carboxylic acids is 1. The fraction of sp³-hybridized carbons (Fsp3) is 0.273. The van der Waals surface area contributed by atoms with Crippen molar-refractivity contribution < 1.29 is 9.53 Å². The van der Waals surface area contributed by atoms with E-state index in [1.165, 1.54) is 18.1 Å². The van der Waals surface area contributed by atoms with E-state index < -0.39 is 6.10 Å². The molecule has 0 saturated heterocycles. The topological polar surface area (TPSA) is 108 Å². The van der Waals surface area contributed by atoms with Crippen LogP contribution >= 0.6 is 0 Å². The van der Waals surface area contributed by atoms with E-state index >= 15 is 0 Å².